The molecule has 1 aliphatic rings. The lowest BCUT2D eigenvalue weighted by molar-refractivity contribution is 0.0746. The minimum atomic E-state index is -0.251. The van der Waals surface area contributed by atoms with Crippen LogP contribution >= 0.6 is 0 Å². The van der Waals surface area contributed by atoms with E-state index in [1.165, 1.54) is 6.07 Å². The molecule has 0 atom stereocenters. The van der Waals surface area contributed by atoms with Crippen LogP contribution in [0, 0.1) is 12.7 Å². The minimum Gasteiger partial charge on any atom is -0.366 e. The molecule has 0 unspecified atom stereocenters. The number of rotatable bonds is 4. The van der Waals surface area contributed by atoms with Gasteiger partial charge in [0.15, 0.2) is 0 Å². The second-order valence-corrected chi connectivity index (χ2v) is 7.63. The van der Waals surface area contributed by atoms with Crippen LogP contribution in [0.4, 0.5) is 15.8 Å². The van der Waals surface area contributed by atoms with Gasteiger partial charge >= 0.3 is 0 Å². The molecule has 31 heavy (non-hydrogen) atoms. The van der Waals surface area contributed by atoms with Gasteiger partial charge in [-0.2, -0.15) is 0 Å². The van der Waals surface area contributed by atoms with Gasteiger partial charge in [0.1, 0.15) is 5.82 Å². The van der Waals surface area contributed by atoms with Crippen molar-refractivity contribution in [3.05, 3.63) is 95.3 Å². The standard InChI is InChI=1S/C25H24FN3O2/c1-18-9-11-19(12-10-18)24(30)27-21-6-4-5-20(17-21)25(31)29-15-13-28(14-16-29)23-8-3-2-7-22(23)26/h2-12,17H,13-16H2,1H3,(H,27,30). The Labute approximate surface area is 181 Å². The van der Waals surface area contributed by atoms with Gasteiger partial charge in [-0.25, -0.2) is 4.39 Å². The third kappa shape index (κ3) is 4.74. The summed E-state index contributed by atoms with van der Waals surface area (Å²) >= 11 is 0. The fourth-order valence-electron chi connectivity index (χ4n) is 3.68. The molecular formula is C25H24FN3O2. The second kappa shape index (κ2) is 9.00. The van der Waals surface area contributed by atoms with Crippen molar-refractivity contribution in [3.8, 4) is 0 Å². The summed E-state index contributed by atoms with van der Waals surface area (Å²) in [6.45, 7) is 4.11. The zero-order valence-electron chi connectivity index (χ0n) is 17.3. The Hall–Kier alpha value is -3.67. The van der Waals surface area contributed by atoms with Crippen molar-refractivity contribution < 1.29 is 14.0 Å². The van der Waals surface area contributed by atoms with E-state index in [4.69, 9.17) is 0 Å². The van der Waals surface area contributed by atoms with E-state index >= 15 is 0 Å². The van der Waals surface area contributed by atoms with E-state index in [0.29, 0.717) is 48.7 Å². The summed E-state index contributed by atoms with van der Waals surface area (Å²) in [7, 11) is 0. The molecule has 5 nitrogen and oxygen atoms in total. The maximum Gasteiger partial charge on any atom is 0.255 e. The number of nitrogens with zero attached hydrogens (tertiary/aromatic N) is 2. The smallest absolute Gasteiger partial charge is 0.255 e. The molecule has 6 heteroatoms. The fourth-order valence-corrected chi connectivity index (χ4v) is 3.68. The van der Waals surface area contributed by atoms with Crippen molar-refractivity contribution in [3.63, 3.8) is 0 Å². The molecule has 2 amide bonds. The lowest BCUT2D eigenvalue weighted by Gasteiger charge is -2.36. The van der Waals surface area contributed by atoms with Crippen molar-refractivity contribution in [2.24, 2.45) is 0 Å². The number of para-hydroxylation sites is 1. The number of amides is 2. The van der Waals surface area contributed by atoms with Gasteiger partial charge in [-0.05, 0) is 49.4 Å². The average molecular weight is 417 g/mol. The van der Waals surface area contributed by atoms with Gasteiger partial charge < -0.3 is 15.1 Å². The number of carbonyl (C=O) groups is 2. The number of halogens is 1. The molecule has 1 N–H and O–H groups in total. The van der Waals surface area contributed by atoms with Gasteiger partial charge in [0.05, 0.1) is 5.69 Å². The number of nitrogens with one attached hydrogen (secondary N) is 1. The van der Waals surface area contributed by atoms with Gasteiger partial charge in [-0.15, -0.1) is 0 Å². The van der Waals surface area contributed by atoms with Crippen molar-refractivity contribution in [1.82, 2.24) is 4.90 Å². The van der Waals surface area contributed by atoms with Gasteiger partial charge in [-0.3, -0.25) is 9.59 Å². The molecule has 0 spiro atoms. The first-order valence-electron chi connectivity index (χ1n) is 10.3. The molecule has 1 saturated heterocycles. The third-order valence-electron chi connectivity index (χ3n) is 5.44. The molecule has 0 radical (unpaired) electrons. The van der Waals surface area contributed by atoms with Crippen LogP contribution in [-0.4, -0.2) is 42.9 Å². The molecule has 0 saturated carbocycles. The predicted molar refractivity (Wildman–Crippen MR) is 120 cm³/mol. The second-order valence-electron chi connectivity index (χ2n) is 7.63. The Morgan fingerprint density at radius 2 is 1.55 bits per heavy atom. The molecule has 3 aromatic rings. The van der Waals surface area contributed by atoms with E-state index in [1.54, 1.807) is 53.4 Å². The van der Waals surface area contributed by atoms with E-state index in [2.05, 4.69) is 5.32 Å². The van der Waals surface area contributed by atoms with E-state index in [-0.39, 0.29) is 17.6 Å². The Kier molecular flexibility index (Phi) is 5.98. The van der Waals surface area contributed by atoms with E-state index < -0.39 is 0 Å². The van der Waals surface area contributed by atoms with Crippen LogP contribution in [0.15, 0.2) is 72.8 Å². The van der Waals surface area contributed by atoms with Crippen LogP contribution in [0.25, 0.3) is 0 Å². The summed E-state index contributed by atoms with van der Waals surface area (Å²) in [4.78, 5) is 29.2. The number of piperazine rings is 1. The summed E-state index contributed by atoms with van der Waals surface area (Å²) in [6.07, 6.45) is 0. The minimum absolute atomic E-state index is 0.0976. The largest absolute Gasteiger partial charge is 0.366 e. The highest BCUT2D eigenvalue weighted by atomic mass is 19.1. The van der Waals surface area contributed by atoms with Crippen LogP contribution < -0.4 is 10.2 Å². The Balaban J connectivity index is 1.40. The normalized spacial score (nSPS) is 13.7. The first-order valence-corrected chi connectivity index (χ1v) is 10.3. The van der Waals surface area contributed by atoms with Gasteiger partial charge in [-0.1, -0.05) is 35.9 Å². The molecule has 0 aliphatic carbocycles. The van der Waals surface area contributed by atoms with Crippen LogP contribution in [-0.2, 0) is 0 Å². The maximum absolute atomic E-state index is 14.0. The molecule has 1 aliphatic heterocycles. The molecule has 0 aromatic heterocycles. The van der Waals surface area contributed by atoms with Gasteiger partial charge in [0, 0.05) is 43.0 Å². The van der Waals surface area contributed by atoms with Crippen LogP contribution in [0.2, 0.25) is 0 Å². The summed E-state index contributed by atoms with van der Waals surface area (Å²) in [5.74, 6) is -0.568. The first kappa shape index (κ1) is 20.6. The number of aryl methyl sites for hydroxylation is 1. The summed E-state index contributed by atoms with van der Waals surface area (Å²) in [6, 6.07) is 21.0. The highest BCUT2D eigenvalue weighted by Crippen LogP contribution is 2.21. The van der Waals surface area contributed by atoms with E-state index in [0.717, 1.165) is 5.56 Å². The summed E-state index contributed by atoms with van der Waals surface area (Å²) < 4.78 is 14.0. The molecule has 1 heterocycles. The van der Waals surface area contributed by atoms with Crippen molar-refractivity contribution in [2.45, 2.75) is 6.92 Å². The number of anilines is 2. The van der Waals surface area contributed by atoms with Gasteiger partial charge in [0.2, 0.25) is 0 Å². The van der Waals surface area contributed by atoms with Crippen LogP contribution in [0.5, 0.6) is 0 Å². The number of hydrogen-bond donors (Lipinski definition) is 1. The first-order chi connectivity index (χ1) is 15.0. The average Bonchev–Trinajstić information content (AvgIpc) is 2.80. The SMILES string of the molecule is Cc1ccc(C(=O)Nc2cccc(C(=O)N3CCN(c4ccccc4F)CC3)c2)cc1. The maximum atomic E-state index is 14.0. The molecule has 3 aromatic carbocycles. The number of carbonyl (C=O) groups excluding carboxylic acids is 2. The molecule has 158 valence electrons. The topological polar surface area (TPSA) is 52.7 Å². The van der Waals surface area contributed by atoms with Crippen LogP contribution in [0.1, 0.15) is 26.3 Å². The third-order valence-corrected chi connectivity index (χ3v) is 5.44. The van der Waals surface area contributed by atoms with Crippen molar-refractivity contribution >= 4 is 23.2 Å². The van der Waals surface area contributed by atoms with E-state index in [9.17, 15) is 14.0 Å². The summed E-state index contributed by atoms with van der Waals surface area (Å²) in [5, 5.41) is 2.85. The van der Waals surface area contributed by atoms with Crippen molar-refractivity contribution in [1.29, 1.82) is 0 Å². The molecular weight excluding hydrogens is 393 g/mol. The number of hydrogen-bond acceptors (Lipinski definition) is 3. The fraction of sp³-hybridized carbons (Fsp3) is 0.200. The Bertz CT molecular complexity index is 1090. The molecule has 1 fully saturated rings. The molecule has 0 bridgehead atoms. The predicted octanol–water partition coefficient (Wildman–Crippen LogP) is 4.35. The van der Waals surface area contributed by atoms with Crippen molar-refractivity contribution in [2.75, 3.05) is 36.4 Å². The Morgan fingerprint density at radius 1 is 0.839 bits per heavy atom. The quantitative estimate of drug-likeness (QED) is 0.687. The van der Waals surface area contributed by atoms with E-state index in [1.807, 2.05) is 30.0 Å². The molecule has 4 rings (SSSR count). The highest BCUT2D eigenvalue weighted by Gasteiger charge is 2.23. The lowest BCUT2D eigenvalue weighted by Crippen LogP contribution is -2.49. The summed E-state index contributed by atoms with van der Waals surface area (Å²) in [5.41, 5.74) is 3.30. The highest BCUT2D eigenvalue weighted by molar-refractivity contribution is 6.05. The Morgan fingerprint density at radius 3 is 2.26 bits per heavy atom. The monoisotopic (exact) mass is 417 g/mol. The van der Waals surface area contributed by atoms with Crippen LogP contribution in [0.3, 0.4) is 0 Å². The zero-order valence-corrected chi connectivity index (χ0v) is 17.3. The van der Waals surface area contributed by atoms with Gasteiger partial charge in [0.25, 0.3) is 11.8 Å². The lowest BCUT2D eigenvalue weighted by atomic mass is 10.1. The zero-order chi connectivity index (χ0) is 21.8. The number of benzene rings is 3.